The lowest BCUT2D eigenvalue weighted by Crippen LogP contribution is -2.34. The quantitative estimate of drug-likeness (QED) is 0.773. The zero-order chi connectivity index (χ0) is 13.3. The smallest absolute Gasteiger partial charge is 0.411 e. The normalized spacial score (nSPS) is 24.2. The monoisotopic (exact) mass is 275 g/mol. The topological polar surface area (TPSA) is 60.8 Å². The standard InChI is InChI=1S/C14H13NO3S/c1-6-5-19-13-10(16)3-9-12(11(6)13)8-2-7(8)4-15(9)14(17)18/h3,5,7-8,16H,2,4H2,1H3,(H,17,18)/t7-,8-/m1/s1. The van der Waals surface area contributed by atoms with Crippen LogP contribution in [0.5, 0.6) is 5.75 Å². The molecule has 1 aromatic carbocycles. The summed E-state index contributed by atoms with van der Waals surface area (Å²) in [5, 5.41) is 22.6. The van der Waals surface area contributed by atoms with Crippen molar-refractivity contribution in [3.8, 4) is 5.75 Å². The third-order valence-electron chi connectivity index (χ3n) is 4.26. The van der Waals surface area contributed by atoms with Crippen molar-refractivity contribution in [1.82, 2.24) is 0 Å². The lowest BCUT2D eigenvalue weighted by molar-refractivity contribution is 0.201. The second kappa shape index (κ2) is 3.42. The minimum atomic E-state index is -0.932. The summed E-state index contributed by atoms with van der Waals surface area (Å²) in [5.41, 5.74) is 2.94. The highest BCUT2D eigenvalue weighted by molar-refractivity contribution is 7.17. The molecule has 4 nitrogen and oxygen atoms in total. The first-order chi connectivity index (χ1) is 9.08. The molecule has 2 aliphatic rings. The molecule has 0 bridgehead atoms. The fourth-order valence-electron chi connectivity index (χ4n) is 3.28. The van der Waals surface area contributed by atoms with Crippen LogP contribution in [0, 0.1) is 12.8 Å². The summed E-state index contributed by atoms with van der Waals surface area (Å²) in [6, 6.07) is 1.62. The van der Waals surface area contributed by atoms with Crippen molar-refractivity contribution in [2.45, 2.75) is 19.3 Å². The SMILES string of the molecule is Cc1csc2c(O)cc3c(c12)[C@@H]1C[C@@H]1CN3C(=O)O. The molecule has 2 atom stereocenters. The zero-order valence-corrected chi connectivity index (χ0v) is 11.2. The molecule has 1 aliphatic heterocycles. The molecule has 19 heavy (non-hydrogen) atoms. The van der Waals surface area contributed by atoms with Crippen LogP contribution in [0.1, 0.15) is 23.5 Å². The van der Waals surface area contributed by atoms with Gasteiger partial charge in [-0.05, 0) is 41.7 Å². The van der Waals surface area contributed by atoms with Gasteiger partial charge in [0.15, 0.2) is 0 Å². The van der Waals surface area contributed by atoms with E-state index in [2.05, 4.69) is 0 Å². The predicted molar refractivity (Wildman–Crippen MR) is 74.4 cm³/mol. The summed E-state index contributed by atoms with van der Waals surface area (Å²) >= 11 is 1.53. The molecule has 1 amide bonds. The Balaban J connectivity index is 2.09. The van der Waals surface area contributed by atoms with Gasteiger partial charge >= 0.3 is 6.09 Å². The van der Waals surface area contributed by atoms with Gasteiger partial charge in [0.25, 0.3) is 0 Å². The molecular weight excluding hydrogens is 262 g/mol. The van der Waals surface area contributed by atoms with Crippen LogP contribution in [-0.2, 0) is 0 Å². The highest BCUT2D eigenvalue weighted by Crippen LogP contribution is 2.58. The minimum absolute atomic E-state index is 0.192. The second-order valence-corrected chi connectivity index (χ2v) is 6.33. The van der Waals surface area contributed by atoms with Crippen molar-refractivity contribution in [3.63, 3.8) is 0 Å². The molecule has 1 fully saturated rings. The molecule has 0 spiro atoms. The Morgan fingerprint density at radius 1 is 1.53 bits per heavy atom. The van der Waals surface area contributed by atoms with Gasteiger partial charge in [-0.2, -0.15) is 0 Å². The van der Waals surface area contributed by atoms with Crippen molar-refractivity contribution in [1.29, 1.82) is 0 Å². The van der Waals surface area contributed by atoms with E-state index in [1.165, 1.54) is 16.2 Å². The van der Waals surface area contributed by atoms with E-state index in [1.54, 1.807) is 6.07 Å². The molecule has 2 aromatic rings. The first kappa shape index (κ1) is 11.1. The Labute approximate surface area is 113 Å². The molecule has 2 heterocycles. The van der Waals surface area contributed by atoms with E-state index >= 15 is 0 Å². The summed E-state index contributed by atoms with van der Waals surface area (Å²) in [6.45, 7) is 2.58. The first-order valence-corrected chi connectivity index (χ1v) is 7.20. The number of rotatable bonds is 0. The Hall–Kier alpha value is -1.75. The van der Waals surface area contributed by atoms with Gasteiger partial charge < -0.3 is 10.2 Å². The number of nitrogens with zero attached hydrogens (tertiary/aromatic N) is 1. The lowest BCUT2D eigenvalue weighted by Gasteiger charge is -2.27. The van der Waals surface area contributed by atoms with Gasteiger partial charge in [0.1, 0.15) is 5.75 Å². The van der Waals surface area contributed by atoms with E-state index in [0.29, 0.717) is 24.1 Å². The van der Waals surface area contributed by atoms with E-state index in [-0.39, 0.29) is 5.75 Å². The molecule has 1 aromatic heterocycles. The number of aromatic hydroxyl groups is 1. The fraction of sp³-hybridized carbons (Fsp3) is 0.357. The number of hydrogen-bond donors (Lipinski definition) is 2. The Kier molecular flexibility index (Phi) is 2.00. The maximum Gasteiger partial charge on any atom is 0.411 e. The third kappa shape index (κ3) is 1.36. The lowest BCUT2D eigenvalue weighted by atomic mass is 9.96. The van der Waals surface area contributed by atoms with E-state index in [1.807, 2.05) is 12.3 Å². The average Bonchev–Trinajstić information content (AvgIpc) is 3.04. The van der Waals surface area contributed by atoms with Gasteiger partial charge in [0, 0.05) is 18.0 Å². The summed E-state index contributed by atoms with van der Waals surface area (Å²) in [5.74, 6) is 1.12. The molecule has 1 aliphatic carbocycles. The number of carboxylic acid groups (broad SMARTS) is 1. The number of thiophene rings is 1. The highest BCUT2D eigenvalue weighted by Gasteiger charge is 2.48. The molecule has 0 unspecified atom stereocenters. The van der Waals surface area contributed by atoms with Crippen LogP contribution >= 0.6 is 11.3 Å². The number of aryl methyl sites for hydroxylation is 1. The van der Waals surface area contributed by atoms with Crippen molar-refractivity contribution >= 4 is 33.2 Å². The summed E-state index contributed by atoms with van der Waals surface area (Å²) in [6.07, 6.45) is 0.129. The Morgan fingerprint density at radius 2 is 2.32 bits per heavy atom. The molecule has 4 rings (SSSR count). The molecule has 0 saturated heterocycles. The van der Waals surface area contributed by atoms with Crippen LogP contribution in [0.2, 0.25) is 0 Å². The van der Waals surface area contributed by atoms with Gasteiger partial charge in [-0.3, -0.25) is 4.90 Å². The van der Waals surface area contributed by atoms with E-state index < -0.39 is 6.09 Å². The number of amides is 1. The van der Waals surface area contributed by atoms with Crippen LogP contribution in [-0.4, -0.2) is 22.9 Å². The van der Waals surface area contributed by atoms with Gasteiger partial charge in [-0.15, -0.1) is 11.3 Å². The molecule has 0 radical (unpaired) electrons. The average molecular weight is 275 g/mol. The van der Waals surface area contributed by atoms with E-state index in [4.69, 9.17) is 0 Å². The van der Waals surface area contributed by atoms with Crippen molar-refractivity contribution in [2.24, 2.45) is 5.92 Å². The maximum absolute atomic E-state index is 11.4. The number of fused-ring (bicyclic) bond motifs is 5. The van der Waals surface area contributed by atoms with Crippen LogP contribution in [0.3, 0.4) is 0 Å². The molecule has 5 heteroatoms. The summed E-state index contributed by atoms with van der Waals surface area (Å²) in [7, 11) is 0. The molecule has 2 N–H and O–H groups in total. The summed E-state index contributed by atoms with van der Waals surface area (Å²) < 4.78 is 0.883. The Morgan fingerprint density at radius 3 is 3.05 bits per heavy atom. The van der Waals surface area contributed by atoms with E-state index in [0.717, 1.165) is 27.6 Å². The number of benzene rings is 1. The van der Waals surface area contributed by atoms with Gasteiger partial charge in [-0.1, -0.05) is 0 Å². The first-order valence-electron chi connectivity index (χ1n) is 6.32. The number of phenolic OH excluding ortho intramolecular Hbond substituents is 1. The number of phenols is 1. The third-order valence-corrected chi connectivity index (χ3v) is 5.38. The molecule has 1 saturated carbocycles. The van der Waals surface area contributed by atoms with E-state index in [9.17, 15) is 15.0 Å². The van der Waals surface area contributed by atoms with Crippen LogP contribution in [0.4, 0.5) is 10.5 Å². The number of carbonyl (C=O) groups is 1. The van der Waals surface area contributed by atoms with Crippen LogP contribution < -0.4 is 4.90 Å². The number of hydrogen-bond acceptors (Lipinski definition) is 3. The second-order valence-electron chi connectivity index (χ2n) is 5.45. The van der Waals surface area contributed by atoms with Gasteiger partial charge in [-0.25, -0.2) is 4.79 Å². The predicted octanol–water partition coefficient (Wildman–Crippen LogP) is 3.52. The highest BCUT2D eigenvalue weighted by atomic mass is 32.1. The fourth-order valence-corrected chi connectivity index (χ4v) is 4.26. The molecular formula is C14H13NO3S. The zero-order valence-electron chi connectivity index (χ0n) is 10.4. The summed E-state index contributed by atoms with van der Waals surface area (Å²) in [4.78, 5) is 12.8. The number of anilines is 1. The largest absolute Gasteiger partial charge is 0.506 e. The maximum atomic E-state index is 11.4. The van der Waals surface area contributed by atoms with Crippen molar-refractivity contribution in [3.05, 3.63) is 22.6 Å². The molecule has 98 valence electrons. The van der Waals surface area contributed by atoms with Crippen molar-refractivity contribution in [2.75, 3.05) is 11.4 Å². The van der Waals surface area contributed by atoms with Crippen LogP contribution in [0.15, 0.2) is 11.4 Å². The Bertz CT molecular complexity index is 721. The van der Waals surface area contributed by atoms with Crippen LogP contribution in [0.25, 0.3) is 10.1 Å². The van der Waals surface area contributed by atoms with Gasteiger partial charge in [0.05, 0.1) is 10.4 Å². The van der Waals surface area contributed by atoms with Gasteiger partial charge in [0.2, 0.25) is 0 Å². The minimum Gasteiger partial charge on any atom is -0.506 e. The van der Waals surface area contributed by atoms with Crippen molar-refractivity contribution < 1.29 is 15.0 Å².